The molecule has 0 aromatic carbocycles. The first-order valence-electron chi connectivity index (χ1n) is 7.03. The highest BCUT2D eigenvalue weighted by atomic mass is 15.3. The highest BCUT2D eigenvalue weighted by Crippen LogP contribution is 2.36. The van der Waals surface area contributed by atoms with Crippen LogP contribution in [0.5, 0.6) is 0 Å². The average molecular weight is 237 g/mol. The Bertz CT molecular complexity index is 273. The van der Waals surface area contributed by atoms with Crippen molar-refractivity contribution in [1.82, 2.24) is 10.2 Å². The van der Waals surface area contributed by atoms with Crippen LogP contribution in [0, 0.1) is 0 Å². The fourth-order valence-electron chi connectivity index (χ4n) is 3.08. The molecule has 0 radical (unpaired) electrons. The van der Waals surface area contributed by atoms with Gasteiger partial charge in [-0.05, 0) is 46.1 Å². The molecule has 2 unspecified atom stereocenters. The Morgan fingerprint density at radius 1 is 1.47 bits per heavy atom. The van der Waals surface area contributed by atoms with Gasteiger partial charge >= 0.3 is 0 Å². The van der Waals surface area contributed by atoms with Crippen LogP contribution in [0.2, 0.25) is 0 Å². The molecular formula is C14H27N3. The molecule has 1 heterocycles. The monoisotopic (exact) mass is 237 g/mol. The van der Waals surface area contributed by atoms with Gasteiger partial charge in [-0.1, -0.05) is 12.2 Å². The van der Waals surface area contributed by atoms with Gasteiger partial charge in [-0.25, -0.2) is 0 Å². The number of allylic oxidation sites excluding steroid dienone is 1. The maximum Gasteiger partial charge on any atom is 0.0447 e. The van der Waals surface area contributed by atoms with E-state index < -0.39 is 0 Å². The topological polar surface area (TPSA) is 41.3 Å². The first-order valence-corrected chi connectivity index (χ1v) is 7.03. The van der Waals surface area contributed by atoms with Gasteiger partial charge in [0.05, 0.1) is 0 Å². The summed E-state index contributed by atoms with van der Waals surface area (Å²) < 4.78 is 0. The quantitative estimate of drug-likeness (QED) is 0.543. The summed E-state index contributed by atoms with van der Waals surface area (Å²) in [4.78, 5) is 2.66. The van der Waals surface area contributed by atoms with E-state index in [9.17, 15) is 0 Å². The number of nitrogens with zero attached hydrogens (tertiary/aromatic N) is 1. The molecule has 2 atom stereocenters. The minimum atomic E-state index is 0.170. The van der Waals surface area contributed by atoms with Crippen molar-refractivity contribution < 1.29 is 0 Å². The lowest BCUT2D eigenvalue weighted by molar-refractivity contribution is 0.242. The molecule has 0 spiro atoms. The minimum absolute atomic E-state index is 0.170. The number of likely N-dealkylation sites (tertiary alicyclic amines) is 1. The lowest BCUT2D eigenvalue weighted by Crippen LogP contribution is -2.53. The molecule has 0 aromatic heterocycles. The maximum atomic E-state index is 6.02. The zero-order valence-electron chi connectivity index (χ0n) is 11.3. The SMILES string of the molecule is C/C=C/CCNC1(CN)CC(C)N(C2CC2)C1. The minimum Gasteiger partial charge on any atom is -0.329 e. The van der Waals surface area contributed by atoms with E-state index in [1.54, 1.807) is 0 Å². The van der Waals surface area contributed by atoms with Gasteiger partial charge in [0.1, 0.15) is 0 Å². The number of nitrogens with two attached hydrogens (primary N) is 1. The number of nitrogens with one attached hydrogen (secondary N) is 1. The molecule has 2 rings (SSSR count). The van der Waals surface area contributed by atoms with E-state index in [1.165, 1.54) is 19.3 Å². The number of rotatable bonds is 6. The van der Waals surface area contributed by atoms with Crippen molar-refractivity contribution in [1.29, 1.82) is 0 Å². The molecule has 3 nitrogen and oxygen atoms in total. The third-order valence-electron chi connectivity index (χ3n) is 4.19. The van der Waals surface area contributed by atoms with Crippen LogP contribution in [0.4, 0.5) is 0 Å². The highest BCUT2D eigenvalue weighted by molar-refractivity contribution is 5.05. The van der Waals surface area contributed by atoms with Crippen molar-refractivity contribution >= 4 is 0 Å². The molecule has 1 aliphatic carbocycles. The summed E-state index contributed by atoms with van der Waals surface area (Å²) in [7, 11) is 0. The van der Waals surface area contributed by atoms with Crippen LogP contribution in [-0.2, 0) is 0 Å². The second kappa shape index (κ2) is 5.51. The molecule has 0 aromatic rings. The Morgan fingerprint density at radius 3 is 2.82 bits per heavy atom. The van der Waals surface area contributed by atoms with Gasteiger partial charge in [0.25, 0.3) is 0 Å². The van der Waals surface area contributed by atoms with Gasteiger partial charge in [0, 0.05) is 30.7 Å². The largest absolute Gasteiger partial charge is 0.329 e. The van der Waals surface area contributed by atoms with E-state index in [2.05, 4.69) is 36.2 Å². The van der Waals surface area contributed by atoms with Gasteiger partial charge in [0.2, 0.25) is 0 Å². The van der Waals surface area contributed by atoms with Crippen LogP contribution in [0.1, 0.15) is 39.5 Å². The third-order valence-corrected chi connectivity index (χ3v) is 4.19. The summed E-state index contributed by atoms with van der Waals surface area (Å²) in [5.41, 5.74) is 6.19. The summed E-state index contributed by atoms with van der Waals surface area (Å²) in [6.45, 7) is 7.38. The molecule has 0 amide bonds. The predicted octanol–water partition coefficient (Wildman–Crippen LogP) is 1.50. The van der Waals surface area contributed by atoms with Gasteiger partial charge in [-0.2, -0.15) is 0 Å². The molecular weight excluding hydrogens is 210 g/mol. The van der Waals surface area contributed by atoms with Crippen molar-refractivity contribution in [2.75, 3.05) is 19.6 Å². The van der Waals surface area contributed by atoms with Gasteiger partial charge in [-0.15, -0.1) is 0 Å². The van der Waals surface area contributed by atoms with Gasteiger partial charge in [-0.3, -0.25) is 4.90 Å². The van der Waals surface area contributed by atoms with Gasteiger partial charge in [0.15, 0.2) is 0 Å². The molecule has 17 heavy (non-hydrogen) atoms. The van der Waals surface area contributed by atoms with Crippen LogP contribution < -0.4 is 11.1 Å². The molecule has 2 aliphatic rings. The van der Waals surface area contributed by atoms with Crippen LogP contribution in [0.15, 0.2) is 12.2 Å². The van der Waals surface area contributed by atoms with E-state index in [1.807, 2.05) is 0 Å². The van der Waals surface area contributed by atoms with Crippen molar-refractivity contribution in [3.63, 3.8) is 0 Å². The Balaban J connectivity index is 1.86. The van der Waals surface area contributed by atoms with Crippen LogP contribution in [0.3, 0.4) is 0 Å². The van der Waals surface area contributed by atoms with Crippen LogP contribution >= 0.6 is 0 Å². The first kappa shape index (κ1) is 13.1. The Labute approximate surface area is 105 Å². The van der Waals surface area contributed by atoms with E-state index >= 15 is 0 Å². The lowest BCUT2D eigenvalue weighted by Gasteiger charge is -2.29. The van der Waals surface area contributed by atoms with E-state index in [-0.39, 0.29) is 5.54 Å². The molecule has 2 fully saturated rings. The zero-order chi connectivity index (χ0) is 12.3. The van der Waals surface area contributed by atoms with Crippen LogP contribution in [0.25, 0.3) is 0 Å². The fourth-order valence-corrected chi connectivity index (χ4v) is 3.08. The molecule has 3 heteroatoms. The van der Waals surface area contributed by atoms with Crippen molar-refractivity contribution in [3.05, 3.63) is 12.2 Å². The zero-order valence-corrected chi connectivity index (χ0v) is 11.3. The average Bonchev–Trinajstić information content (AvgIpc) is 3.11. The summed E-state index contributed by atoms with van der Waals surface area (Å²) in [6, 6.07) is 1.55. The molecule has 1 aliphatic heterocycles. The van der Waals surface area contributed by atoms with Gasteiger partial charge < -0.3 is 11.1 Å². The smallest absolute Gasteiger partial charge is 0.0447 e. The standard InChI is InChI=1S/C14H27N3/c1-3-4-5-8-16-14(10-15)9-12(2)17(11-14)13-6-7-13/h3-4,12-13,16H,5-11,15H2,1-2H3/b4-3+. The fraction of sp³-hybridized carbons (Fsp3) is 0.857. The van der Waals surface area contributed by atoms with Crippen LogP contribution in [-0.4, -0.2) is 42.2 Å². The summed E-state index contributed by atoms with van der Waals surface area (Å²) in [5, 5.41) is 3.70. The summed E-state index contributed by atoms with van der Waals surface area (Å²) in [6.07, 6.45) is 9.43. The van der Waals surface area contributed by atoms with Crippen molar-refractivity contribution in [2.24, 2.45) is 5.73 Å². The molecule has 1 saturated carbocycles. The maximum absolute atomic E-state index is 6.02. The Hall–Kier alpha value is -0.380. The summed E-state index contributed by atoms with van der Waals surface area (Å²) in [5.74, 6) is 0. The second-order valence-corrected chi connectivity index (χ2v) is 5.73. The molecule has 0 bridgehead atoms. The van der Waals surface area contributed by atoms with Crippen molar-refractivity contribution in [3.8, 4) is 0 Å². The summed E-state index contributed by atoms with van der Waals surface area (Å²) >= 11 is 0. The van der Waals surface area contributed by atoms with E-state index in [0.717, 1.165) is 32.1 Å². The normalized spacial score (nSPS) is 34.9. The second-order valence-electron chi connectivity index (χ2n) is 5.73. The molecule has 1 saturated heterocycles. The third kappa shape index (κ3) is 3.09. The Kier molecular flexibility index (Phi) is 4.23. The number of hydrogen-bond acceptors (Lipinski definition) is 3. The molecule has 98 valence electrons. The predicted molar refractivity (Wildman–Crippen MR) is 73.0 cm³/mol. The molecule has 3 N–H and O–H groups in total. The highest BCUT2D eigenvalue weighted by Gasteiger charge is 2.45. The van der Waals surface area contributed by atoms with E-state index in [0.29, 0.717) is 6.04 Å². The van der Waals surface area contributed by atoms with Crippen molar-refractivity contribution in [2.45, 2.75) is 57.2 Å². The number of hydrogen-bond donors (Lipinski definition) is 2. The van der Waals surface area contributed by atoms with E-state index in [4.69, 9.17) is 5.73 Å². The first-order chi connectivity index (χ1) is 8.21. The lowest BCUT2D eigenvalue weighted by atomic mass is 9.96. The Morgan fingerprint density at radius 2 is 2.24 bits per heavy atom.